The van der Waals surface area contributed by atoms with Gasteiger partial charge < -0.3 is 4.74 Å². The van der Waals surface area contributed by atoms with Crippen LogP contribution in [-0.4, -0.2) is 33.2 Å². The van der Waals surface area contributed by atoms with E-state index in [2.05, 4.69) is 34.0 Å². The first-order chi connectivity index (χ1) is 14.8. The van der Waals surface area contributed by atoms with Crippen LogP contribution in [0.25, 0.3) is 11.3 Å². The lowest BCUT2D eigenvalue weighted by atomic mass is 9.66. The van der Waals surface area contributed by atoms with Crippen molar-refractivity contribution >= 4 is 17.6 Å². The van der Waals surface area contributed by atoms with E-state index in [0.29, 0.717) is 10.7 Å². The monoisotopic (exact) mass is 438 g/mol. The number of esters is 1. The van der Waals surface area contributed by atoms with Gasteiger partial charge in [-0.1, -0.05) is 31.5 Å². The first kappa shape index (κ1) is 20.0. The van der Waals surface area contributed by atoms with Crippen LogP contribution in [0.15, 0.2) is 36.5 Å². The molecule has 2 bridgehead atoms. The molecule has 2 aliphatic rings. The number of nitrogens with zero attached hydrogens (tertiary/aromatic N) is 4. The van der Waals surface area contributed by atoms with Gasteiger partial charge in [0.05, 0.1) is 40.2 Å². The molecule has 2 aromatic heterocycles. The number of ether oxygens (including phenoxy) is 1. The molecular formula is C23H20ClFN4O2. The lowest BCUT2D eigenvalue weighted by Crippen LogP contribution is -2.38. The van der Waals surface area contributed by atoms with Crippen LogP contribution in [0.5, 0.6) is 0 Å². The summed E-state index contributed by atoms with van der Waals surface area (Å²) in [5.74, 6) is -0.805. The third-order valence-corrected chi connectivity index (χ3v) is 7.38. The SMILES string of the molecule is COC(=O)c1nccc([C@]23CC[C@@H](c4cc(-c5c(F)cccc5Cl)nnc42)C3(C)C)n1. The molecule has 2 aliphatic carbocycles. The van der Waals surface area contributed by atoms with E-state index in [0.717, 1.165) is 29.8 Å². The van der Waals surface area contributed by atoms with Crippen molar-refractivity contribution in [1.82, 2.24) is 20.2 Å². The van der Waals surface area contributed by atoms with E-state index in [1.54, 1.807) is 18.3 Å². The second-order valence-corrected chi connectivity index (χ2v) is 9.01. The number of aromatic nitrogens is 4. The molecule has 2 heterocycles. The first-order valence-electron chi connectivity index (χ1n) is 10.1. The summed E-state index contributed by atoms with van der Waals surface area (Å²) in [5, 5.41) is 9.25. The fourth-order valence-electron chi connectivity index (χ4n) is 5.54. The van der Waals surface area contributed by atoms with E-state index in [1.807, 2.05) is 12.1 Å². The number of benzene rings is 1. The topological polar surface area (TPSA) is 77.9 Å². The van der Waals surface area contributed by atoms with Gasteiger partial charge in [0.15, 0.2) is 0 Å². The molecule has 0 spiro atoms. The van der Waals surface area contributed by atoms with Gasteiger partial charge in [-0.25, -0.2) is 19.2 Å². The number of rotatable bonds is 3. The number of fused-ring (bicyclic) bond motifs is 5. The minimum Gasteiger partial charge on any atom is -0.463 e. The summed E-state index contributed by atoms with van der Waals surface area (Å²) in [7, 11) is 1.30. The molecule has 31 heavy (non-hydrogen) atoms. The van der Waals surface area contributed by atoms with E-state index >= 15 is 0 Å². The highest BCUT2D eigenvalue weighted by Gasteiger charge is 2.65. The summed E-state index contributed by atoms with van der Waals surface area (Å²) in [6.07, 6.45) is 3.32. The van der Waals surface area contributed by atoms with Gasteiger partial charge in [-0.15, -0.1) is 0 Å². The Balaban J connectivity index is 1.70. The fourth-order valence-corrected chi connectivity index (χ4v) is 5.80. The van der Waals surface area contributed by atoms with Crippen LogP contribution in [0.3, 0.4) is 0 Å². The van der Waals surface area contributed by atoms with Crippen molar-refractivity contribution < 1.29 is 13.9 Å². The summed E-state index contributed by atoms with van der Waals surface area (Å²) in [6.45, 7) is 4.37. The zero-order valence-corrected chi connectivity index (χ0v) is 18.1. The zero-order chi connectivity index (χ0) is 22.0. The molecule has 3 aromatic rings. The van der Waals surface area contributed by atoms with Crippen LogP contribution in [0.1, 0.15) is 60.2 Å². The van der Waals surface area contributed by atoms with Gasteiger partial charge in [0.2, 0.25) is 5.82 Å². The lowest BCUT2D eigenvalue weighted by molar-refractivity contribution is 0.0585. The summed E-state index contributed by atoms with van der Waals surface area (Å²) in [4.78, 5) is 20.7. The summed E-state index contributed by atoms with van der Waals surface area (Å²) in [6, 6.07) is 8.30. The number of carbonyl (C=O) groups is 1. The number of hydrogen-bond donors (Lipinski definition) is 0. The Morgan fingerprint density at radius 3 is 2.81 bits per heavy atom. The third kappa shape index (κ3) is 2.59. The molecule has 0 unspecified atom stereocenters. The maximum Gasteiger partial charge on any atom is 0.376 e. The fraction of sp³-hybridized carbons (Fsp3) is 0.348. The van der Waals surface area contributed by atoms with Crippen molar-refractivity contribution in [3.8, 4) is 11.3 Å². The molecule has 0 aliphatic heterocycles. The van der Waals surface area contributed by atoms with Gasteiger partial charge in [-0.2, -0.15) is 10.2 Å². The molecule has 158 valence electrons. The van der Waals surface area contributed by atoms with Gasteiger partial charge in [-0.3, -0.25) is 0 Å². The van der Waals surface area contributed by atoms with Gasteiger partial charge >= 0.3 is 5.97 Å². The standard InChI is InChI=1S/C23H20ClFN4O2/c1-22(2)13-7-9-23(22,17-8-10-26-20(27-17)21(30)31-3)19-12(13)11-16(28-29-19)18-14(24)5-4-6-15(18)25/h4-6,8,10-11,13H,7,9H2,1-3H3/t13-,23+/m0/s1. The Bertz CT molecular complexity index is 1210. The van der Waals surface area contributed by atoms with Crippen molar-refractivity contribution in [3.05, 3.63) is 70.1 Å². The van der Waals surface area contributed by atoms with Crippen molar-refractivity contribution in [3.63, 3.8) is 0 Å². The van der Waals surface area contributed by atoms with Gasteiger partial charge in [0.25, 0.3) is 0 Å². The molecule has 2 atom stereocenters. The Labute approximate surface area is 183 Å². The average molecular weight is 439 g/mol. The predicted molar refractivity (Wildman–Crippen MR) is 112 cm³/mol. The second kappa shape index (κ2) is 6.79. The van der Waals surface area contributed by atoms with Crippen LogP contribution >= 0.6 is 11.6 Å². The molecule has 0 saturated heterocycles. The summed E-state index contributed by atoms with van der Waals surface area (Å²) in [5.41, 5.74) is 2.48. The Morgan fingerprint density at radius 1 is 1.26 bits per heavy atom. The Kier molecular flexibility index (Phi) is 4.38. The largest absolute Gasteiger partial charge is 0.463 e. The molecule has 6 nitrogen and oxygen atoms in total. The number of methoxy groups -OCH3 is 1. The van der Waals surface area contributed by atoms with E-state index in [9.17, 15) is 9.18 Å². The zero-order valence-electron chi connectivity index (χ0n) is 17.3. The normalized spacial score (nSPS) is 22.9. The number of carbonyl (C=O) groups excluding carboxylic acids is 1. The highest BCUT2D eigenvalue weighted by atomic mass is 35.5. The molecule has 1 saturated carbocycles. The molecular weight excluding hydrogens is 419 g/mol. The summed E-state index contributed by atoms with van der Waals surface area (Å²) < 4.78 is 19.3. The predicted octanol–water partition coefficient (Wildman–Crippen LogP) is 4.72. The molecule has 5 rings (SSSR count). The molecule has 0 N–H and O–H groups in total. The molecule has 1 aromatic carbocycles. The Morgan fingerprint density at radius 2 is 2.06 bits per heavy atom. The van der Waals surface area contributed by atoms with E-state index in [1.165, 1.54) is 13.2 Å². The van der Waals surface area contributed by atoms with Crippen LogP contribution in [0.2, 0.25) is 5.02 Å². The number of halogens is 2. The molecule has 0 amide bonds. The maximum absolute atomic E-state index is 14.5. The van der Waals surface area contributed by atoms with Crippen LogP contribution < -0.4 is 0 Å². The Hall–Kier alpha value is -2.93. The number of hydrogen-bond acceptors (Lipinski definition) is 6. The van der Waals surface area contributed by atoms with E-state index < -0.39 is 17.2 Å². The molecule has 8 heteroatoms. The minimum absolute atomic E-state index is 0.0183. The second-order valence-electron chi connectivity index (χ2n) is 8.61. The van der Waals surface area contributed by atoms with Gasteiger partial charge in [0.1, 0.15) is 5.82 Å². The van der Waals surface area contributed by atoms with Crippen LogP contribution in [0.4, 0.5) is 4.39 Å². The van der Waals surface area contributed by atoms with Gasteiger partial charge in [-0.05, 0) is 54.0 Å². The van der Waals surface area contributed by atoms with E-state index in [4.69, 9.17) is 16.3 Å². The van der Waals surface area contributed by atoms with E-state index in [-0.39, 0.29) is 22.7 Å². The molecule has 1 fully saturated rings. The van der Waals surface area contributed by atoms with Crippen LogP contribution in [-0.2, 0) is 10.2 Å². The smallest absolute Gasteiger partial charge is 0.376 e. The third-order valence-electron chi connectivity index (χ3n) is 7.06. The highest BCUT2D eigenvalue weighted by molar-refractivity contribution is 6.33. The lowest BCUT2D eigenvalue weighted by Gasteiger charge is -2.37. The quantitative estimate of drug-likeness (QED) is 0.551. The maximum atomic E-state index is 14.5. The minimum atomic E-state index is -0.584. The van der Waals surface area contributed by atoms with Crippen molar-refractivity contribution in [2.24, 2.45) is 5.41 Å². The van der Waals surface area contributed by atoms with Gasteiger partial charge in [0, 0.05) is 6.20 Å². The van der Waals surface area contributed by atoms with Crippen molar-refractivity contribution in [2.75, 3.05) is 7.11 Å². The van der Waals surface area contributed by atoms with Crippen LogP contribution in [0, 0.1) is 11.2 Å². The molecule has 0 radical (unpaired) electrons. The average Bonchev–Trinajstić information content (AvgIpc) is 3.14. The first-order valence-corrected chi connectivity index (χ1v) is 10.4. The summed E-state index contributed by atoms with van der Waals surface area (Å²) >= 11 is 6.27. The van der Waals surface area contributed by atoms with Crippen molar-refractivity contribution in [2.45, 2.75) is 38.0 Å². The van der Waals surface area contributed by atoms with Crippen molar-refractivity contribution in [1.29, 1.82) is 0 Å². The highest BCUT2D eigenvalue weighted by Crippen LogP contribution is 2.69.